The third-order valence-corrected chi connectivity index (χ3v) is 4.35. The number of amides is 1. The maximum absolute atomic E-state index is 13.2. The van der Waals surface area contributed by atoms with Gasteiger partial charge in [0.2, 0.25) is 5.91 Å². The average molecular weight is 334 g/mol. The lowest BCUT2D eigenvalue weighted by Crippen LogP contribution is -2.49. The Balaban J connectivity index is 1.78. The third-order valence-electron chi connectivity index (χ3n) is 4.35. The van der Waals surface area contributed by atoms with Gasteiger partial charge < -0.3 is 20.1 Å². The van der Waals surface area contributed by atoms with Gasteiger partial charge in [0.25, 0.3) is 5.92 Å². The summed E-state index contributed by atoms with van der Waals surface area (Å²) in [5, 5.41) is 13.1. The Morgan fingerprint density at radius 2 is 1.96 bits per heavy atom. The fraction of sp³-hybridized carbons (Fsp3) is 0.938. The molecule has 3 atom stereocenters. The number of halogens is 2. The summed E-state index contributed by atoms with van der Waals surface area (Å²) in [7, 11) is 0. The number of nitrogens with zero attached hydrogens (tertiary/aromatic N) is 1. The number of ether oxygens (including phenoxy) is 1. The van der Waals surface area contributed by atoms with Crippen LogP contribution in [0.25, 0.3) is 0 Å². The number of aliphatic hydroxyl groups is 1. The van der Waals surface area contributed by atoms with E-state index in [0.29, 0.717) is 26.1 Å². The van der Waals surface area contributed by atoms with Crippen LogP contribution >= 0.6 is 0 Å². The molecule has 23 heavy (non-hydrogen) atoms. The lowest BCUT2D eigenvalue weighted by Gasteiger charge is -2.33. The zero-order chi connectivity index (χ0) is 17.3. The van der Waals surface area contributed by atoms with Crippen molar-refractivity contribution < 1.29 is 23.4 Å². The van der Waals surface area contributed by atoms with Gasteiger partial charge in [0, 0.05) is 38.9 Å². The predicted molar refractivity (Wildman–Crippen MR) is 82.4 cm³/mol. The molecular formula is C16H28F2N2O3. The number of carbonyl (C=O) groups excluding carboxylic acids is 1. The number of aliphatic hydroxyl groups excluding tert-OH is 1. The fourth-order valence-electron chi connectivity index (χ4n) is 3.03. The Kier molecular flexibility index (Phi) is 5.63. The van der Waals surface area contributed by atoms with Crippen LogP contribution in [0.15, 0.2) is 0 Å². The van der Waals surface area contributed by atoms with E-state index in [4.69, 9.17) is 4.74 Å². The van der Waals surface area contributed by atoms with Crippen LogP contribution in [0.2, 0.25) is 0 Å². The van der Waals surface area contributed by atoms with Crippen molar-refractivity contribution in [2.45, 2.75) is 64.2 Å². The first-order valence-corrected chi connectivity index (χ1v) is 8.25. The molecule has 0 aromatic heterocycles. The highest BCUT2D eigenvalue weighted by Gasteiger charge is 2.40. The summed E-state index contributed by atoms with van der Waals surface area (Å²) in [5.74, 6) is -2.68. The quantitative estimate of drug-likeness (QED) is 0.816. The molecule has 2 heterocycles. The minimum atomic E-state index is -2.57. The van der Waals surface area contributed by atoms with Gasteiger partial charge in [0.05, 0.1) is 18.8 Å². The standard InChI is InChI=1S/C16H28F2N2O3/c1-15(2,3)8-13(21)19-11-10-23-12(14(11)22)9-20-6-4-16(17,18)5-7-20/h11-12,14,22H,4-10H2,1-3H3,(H,19,21). The summed E-state index contributed by atoms with van der Waals surface area (Å²) in [6.45, 7) is 7.21. The molecule has 2 rings (SSSR count). The zero-order valence-corrected chi connectivity index (χ0v) is 14.1. The van der Waals surface area contributed by atoms with Gasteiger partial charge in [-0.2, -0.15) is 0 Å². The van der Waals surface area contributed by atoms with Crippen LogP contribution in [-0.4, -0.2) is 66.3 Å². The lowest BCUT2D eigenvalue weighted by molar-refractivity contribution is -0.124. The molecule has 0 aromatic carbocycles. The number of rotatable bonds is 4. The minimum Gasteiger partial charge on any atom is -0.388 e. The highest BCUT2D eigenvalue weighted by Crippen LogP contribution is 2.28. The van der Waals surface area contributed by atoms with E-state index < -0.39 is 24.2 Å². The van der Waals surface area contributed by atoms with E-state index in [9.17, 15) is 18.7 Å². The molecule has 134 valence electrons. The highest BCUT2D eigenvalue weighted by atomic mass is 19.3. The second-order valence-corrected chi connectivity index (χ2v) is 7.93. The van der Waals surface area contributed by atoms with Crippen LogP contribution in [0.4, 0.5) is 8.78 Å². The monoisotopic (exact) mass is 334 g/mol. The van der Waals surface area contributed by atoms with Gasteiger partial charge >= 0.3 is 0 Å². The Labute approximate surface area is 136 Å². The lowest BCUT2D eigenvalue weighted by atomic mass is 9.91. The van der Waals surface area contributed by atoms with Crippen molar-refractivity contribution in [1.82, 2.24) is 10.2 Å². The molecule has 0 bridgehead atoms. The maximum Gasteiger partial charge on any atom is 0.250 e. The number of likely N-dealkylation sites (tertiary alicyclic amines) is 1. The van der Waals surface area contributed by atoms with Gasteiger partial charge in [-0.15, -0.1) is 0 Å². The van der Waals surface area contributed by atoms with E-state index >= 15 is 0 Å². The highest BCUT2D eigenvalue weighted by molar-refractivity contribution is 5.77. The smallest absolute Gasteiger partial charge is 0.250 e. The Hall–Kier alpha value is -0.790. The molecule has 1 amide bonds. The van der Waals surface area contributed by atoms with Gasteiger partial charge in [0.1, 0.15) is 6.10 Å². The molecule has 3 unspecified atom stereocenters. The minimum absolute atomic E-state index is 0.108. The van der Waals surface area contributed by atoms with Crippen molar-refractivity contribution >= 4 is 5.91 Å². The molecule has 2 aliphatic heterocycles. The van der Waals surface area contributed by atoms with Gasteiger partial charge in [-0.25, -0.2) is 8.78 Å². The van der Waals surface area contributed by atoms with E-state index in [-0.39, 0.29) is 30.8 Å². The molecule has 5 nitrogen and oxygen atoms in total. The van der Waals surface area contributed by atoms with E-state index in [1.54, 1.807) is 0 Å². The summed E-state index contributed by atoms with van der Waals surface area (Å²) < 4.78 is 31.9. The van der Waals surface area contributed by atoms with Gasteiger partial charge in [-0.05, 0) is 5.41 Å². The van der Waals surface area contributed by atoms with Crippen molar-refractivity contribution in [2.75, 3.05) is 26.2 Å². The second kappa shape index (κ2) is 6.99. The van der Waals surface area contributed by atoms with Crippen molar-refractivity contribution in [1.29, 1.82) is 0 Å². The number of carbonyl (C=O) groups is 1. The van der Waals surface area contributed by atoms with Crippen LogP contribution in [0.3, 0.4) is 0 Å². The van der Waals surface area contributed by atoms with Crippen LogP contribution in [0.5, 0.6) is 0 Å². The first kappa shape index (κ1) is 18.5. The van der Waals surface area contributed by atoms with Crippen LogP contribution in [0.1, 0.15) is 40.0 Å². The Morgan fingerprint density at radius 3 is 2.52 bits per heavy atom. The molecule has 0 aromatic rings. The van der Waals surface area contributed by atoms with Crippen molar-refractivity contribution in [3.05, 3.63) is 0 Å². The first-order chi connectivity index (χ1) is 10.6. The molecule has 0 aliphatic carbocycles. The summed E-state index contributed by atoms with van der Waals surface area (Å²) in [5.41, 5.74) is -0.118. The van der Waals surface area contributed by atoms with Crippen molar-refractivity contribution in [2.24, 2.45) is 5.41 Å². The SMILES string of the molecule is CC(C)(C)CC(=O)NC1COC(CN2CCC(F)(F)CC2)C1O. The molecule has 0 spiro atoms. The van der Waals surface area contributed by atoms with Gasteiger partial charge in [-0.3, -0.25) is 4.79 Å². The van der Waals surface area contributed by atoms with E-state index in [2.05, 4.69) is 5.32 Å². The summed E-state index contributed by atoms with van der Waals surface area (Å²) in [4.78, 5) is 13.9. The van der Waals surface area contributed by atoms with Crippen LogP contribution in [-0.2, 0) is 9.53 Å². The number of nitrogens with one attached hydrogen (secondary N) is 1. The molecule has 7 heteroatoms. The Morgan fingerprint density at radius 1 is 1.35 bits per heavy atom. The number of hydrogen-bond donors (Lipinski definition) is 2. The molecule has 0 saturated carbocycles. The average Bonchev–Trinajstić information content (AvgIpc) is 2.72. The van der Waals surface area contributed by atoms with E-state index in [1.165, 1.54) is 0 Å². The van der Waals surface area contributed by atoms with Gasteiger partial charge in [0.15, 0.2) is 0 Å². The molecule has 2 aliphatic rings. The van der Waals surface area contributed by atoms with Crippen molar-refractivity contribution in [3.63, 3.8) is 0 Å². The fourth-order valence-corrected chi connectivity index (χ4v) is 3.03. The van der Waals surface area contributed by atoms with E-state index in [1.807, 2.05) is 25.7 Å². The number of hydrogen-bond acceptors (Lipinski definition) is 4. The number of alkyl halides is 2. The summed E-state index contributed by atoms with van der Waals surface area (Å²) >= 11 is 0. The number of piperidine rings is 1. The first-order valence-electron chi connectivity index (χ1n) is 8.25. The maximum atomic E-state index is 13.2. The summed E-state index contributed by atoms with van der Waals surface area (Å²) in [6.07, 6.45) is -1.17. The zero-order valence-electron chi connectivity index (χ0n) is 14.1. The molecule has 2 saturated heterocycles. The predicted octanol–water partition coefficient (Wildman–Crippen LogP) is 1.40. The van der Waals surface area contributed by atoms with Crippen molar-refractivity contribution in [3.8, 4) is 0 Å². The molecule has 0 radical (unpaired) electrons. The normalized spacial score (nSPS) is 32.0. The molecular weight excluding hydrogens is 306 g/mol. The largest absolute Gasteiger partial charge is 0.388 e. The molecule has 2 fully saturated rings. The summed E-state index contributed by atoms with van der Waals surface area (Å²) in [6, 6.07) is -0.430. The molecule has 2 N–H and O–H groups in total. The van der Waals surface area contributed by atoms with E-state index in [0.717, 1.165) is 0 Å². The van der Waals surface area contributed by atoms with Crippen LogP contribution < -0.4 is 5.32 Å². The second-order valence-electron chi connectivity index (χ2n) is 7.93. The third kappa shape index (κ3) is 5.65. The Bertz CT molecular complexity index is 416. The van der Waals surface area contributed by atoms with Crippen LogP contribution in [0, 0.1) is 5.41 Å². The topological polar surface area (TPSA) is 61.8 Å². The van der Waals surface area contributed by atoms with Gasteiger partial charge in [-0.1, -0.05) is 20.8 Å².